The van der Waals surface area contributed by atoms with Crippen LogP contribution in [0.5, 0.6) is 5.75 Å². The summed E-state index contributed by atoms with van der Waals surface area (Å²) in [5, 5.41) is 11.0. The summed E-state index contributed by atoms with van der Waals surface area (Å²) in [5.41, 5.74) is 2.91. The fourth-order valence-corrected chi connectivity index (χ4v) is 2.71. The maximum atomic E-state index is 11.0. The van der Waals surface area contributed by atoms with Gasteiger partial charge in [-0.05, 0) is 25.8 Å². The van der Waals surface area contributed by atoms with Crippen LogP contribution in [0.15, 0.2) is 36.5 Å². The van der Waals surface area contributed by atoms with Crippen molar-refractivity contribution in [2.45, 2.75) is 39.2 Å². The Balaban J connectivity index is 2.40. The molecule has 0 bridgehead atoms. The quantitative estimate of drug-likeness (QED) is 0.913. The molecule has 1 aromatic carbocycles. The Hall–Kier alpha value is -1.87. The standard InChI is InChI=1S/C18H23NO2/c1-5-18(20,15-9-7-6-8-10-15)11-16-14(3)17(21-4)13(2)12-19-16/h6-10,12,20H,5,11H2,1-4H3. The SMILES string of the molecule is CCC(O)(Cc1ncc(C)c(OC)c1C)c1ccccc1. The molecule has 1 unspecified atom stereocenters. The number of pyridine rings is 1. The van der Waals surface area contributed by atoms with E-state index in [9.17, 15) is 5.11 Å². The normalized spacial score (nSPS) is 13.8. The zero-order valence-electron chi connectivity index (χ0n) is 13.2. The molecule has 1 aromatic heterocycles. The molecule has 0 amide bonds. The molecule has 1 heterocycles. The molecule has 1 atom stereocenters. The summed E-state index contributed by atoms with van der Waals surface area (Å²) < 4.78 is 5.45. The molecular weight excluding hydrogens is 262 g/mol. The van der Waals surface area contributed by atoms with Crippen LogP contribution in [0.2, 0.25) is 0 Å². The third-order valence-corrected chi connectivity index (χ3v) is 4.11. The first kappa shape index (κ1) is 15.5. The van der Waals surface area contributed by atoms with Crippen molar-refractivity contribution in [3.8, 4) is 5.75 Å². The summed E-state index contributed by atoms with van der Waals surface area (Å²) in [5.74, 6) is 0.853. The number of aryl methyl sites for hydroxylation is 1. The van der Waals surface area contributed by atoms with Crippen molar-refractivity contribution in [1.29, 1.82) is 0 Å². The van der Waals surface area contributed by atoms with Crippen molar-refractivity contribution in [2.75, 3.05) is 7.11 Å². The number of hydrogen-bond acceptors (Lipinski definition) is 3. The summed E-state index contributed by atoms with van der Waals surface area (Å²) in [6.45, 7) is 5.97. The van der Waals surface area contributed by atoms with E-state index in [1.807, 2.05) is 57.3 Å². The highest BCUT2D eigenvalue weighted by atomic mass is 16.5. The predicted molar refractivity (Wildman–Crippen MR) is 84.6 cm³/mol. The highest BCUT2D eigenvalue weighted by Gasteiger charge is 2.29. The largest absolute Gasteiger partial charge is 0.496 e. The Morgan fingerprint density at radius 1 is 1.19 bits per heavy atom. The molecule has 0 spiro atoms. The third-order valence-electron chi connectivity index (χ3n) is 4.11. The molecule has 3 nitrogen and oxygen atoms in total. The number of methoxy groups -OCH3 is 1. The number of ether oxygens (including phenoxy) is 1. The van der Waals surface area contributed by atoms with Gasteiger partial charge < -0.3 is 9.84 Å². The Bertz CT molecular complexity index is 610. The summed E-state index contributed by atoms with van der Waals surface area (Å²) in [7, 11) is 1.67. The van der Waals surface area contributed by atoms with Gasteiger partial charge >= 0.3 is 0 Å². The van der Waals surface area contributed by atoms with Crippen LogP contribution in [-0.2, 0) is 12.0 Å². The molecule has 0 fully saturated rings. The molecule has 2 rings (SSSR count). The highest BCUT2D eigenvalue weighted by molar-refractivity contribution is 5.42. The van der Waals surface area contributed by atoms with Crippen LogP contribution in [0.25, 0.3) is 0 Å². The fraction of sp³-hybridized carbons (Fsp3) is 0.389. The van der Waals surface area contributed by atoms with Crippen LogP contribution < -0.4 is 4.74 Å². The van der Waals surface area contributed by atoms with Crippen LogP contribution in [0.3, 0.4) is 0 Å². The van der Waals surface area contributed by atoms with Crippen LogP contribution >= 0.6 is 0 Å². The van der Waals surface area contributed by atoms with Crippen molar-refractivity contribution in [2.24, 2.45) is 0 Å². The summed E-state index contributed by atoms with van der Waals surface area (Å²) in [6, 6.07) is 9.78. The average molecular weight is 285 g/mol. The van der Waals surface area contributed by atoms with Gasteiger partial charge in [-0.2, -0.15) is 0 Å². The van der Waals surface area contributed by atoms with E-state index in [1.54, 1.807) is 7.11 Å². The van der Waals surface area contributed by atoms with Crippen LogP contribution in [-0.4, -0.2) is 17.2 Å². The second kappa shape index (κ2) is 6.27. The van der Waals surface area contributed by atoms with E-state index in [2.05, 4.69) is 4.98 Å². The molecule has 0 aliphatic heterocycles. The van der Waals surface area contributed by atoms with Gasteiger partial charge in [0.15, 0.2) is 0 Å². The highest BCUT2D eigenvalue weighted by Crippen LogP contribution is 2.32. The summed E-state index contributed by atoms with van der Waals surface area (Å²) in [6.07, 6.45) is 2.92. The van der Waals surface area contributed by atoms with E-state index in [0.29, 0.717) is 12.8 Å². The molecular formula is C18H23NO2. The second-order valence-corrected chi connectivity index (χ2v) is 5.47. The number of nitrogens with zero attached hydrogens (tertiary/aromatic N) is 1. The second-order valence-electron chi connectivity index (χ2n) is 5.47. The van der Waals surface area contributed by atoms with Crippen molar-refractivity contribution in [3.05, 3.63) is 58.9 Å². The van der Waals surface area contributed by atoms with Gasteiger partial charge in [0.25, 0.3) is 0 Å². The summed E-state index contributed by atoms with van der Waals surface area (Å²) >= 11 is 0. The van der Waals surface area contributed by atoms with Gasteiger partial charge in [0.1, 0.15) is 5.75 Å². The number of rotatable bonds is 5. The first-order valence-electron chi connectivity index (χ1n) is 7.28. The zero-order valence-corrected chi connectivity index (χ0v) is 13.2. The van der Waals surface area contributed by atoms with Crippen molar-refractivity contribution in [1.82, 2.24) is 4.98 Å². The predicted octanol–water partition coefficient (Wildman–Crippen LogP) is 3.55. The Morgan fingerprint density at radius 3 is 2.43 bits per heavy atom. The molecule has 0 radical (unpaired) electrons. The lowest BCUT2D eigenvalue weighted by atomic mass is 9.85. The topological polar surface area (TPSA) is 42.4 Å². The van der Waals surface area contributed by atoms with Crippen molar-refractivity contribution < 1.29 is 9.84 Å². The minimum atomic E-state index is -0.903. The number of hydrogen-bond donors (Lipinski definition) is 1. The van der Waals surface area contributed by atoms with E-state index >= 15 is 0 Å². The minimum absolute atomic E-state index is 0.482. The molecule has 0 aliphatic carbocycles. The van der Waals surface area contributed by atoms with Gasteiger partial charge in [-0.25, -0.2) is 0 Å². The molecule has 0 saturated carbocycles. The number of benzene rings is 1. The fourth-order valence-electron chi connectivity index (χ4n) is 2.71. The summed E-state index contributed by atoms with van der Waals surface area (Å²) in [4.78, 5) is 4.50. The van der Waals surface area contributed by atoms with Gasteiger partial charge in [0.2, 0.25) is 0 Å². The molecule has 3 heteroatoms. The molecule has 1 N–H and O–H groups in total. The molecule has 2 aromatic rings. The zero-order chi connectivity index (χ0) is 15.5. The number of aromatic nitrogens is 1. The van der Waals surface area contributed by atoms with Gasteiger partial charge in [-0.3, -0.25) is 4.98 Å². The van der Waals surface area contributed by atoms with Crippen LogP contribution in [0.4, 0.5) is 0 Å². The monoisotopic (exact) mass is 285 g/mol. The smallest absolute Gasteiger partial charge is 0.128 e. The van der Waals surface area contributed by atoms with Crippen LogP contribution in [0, 0.1) is 13.8 Å². The maximum absolute atomic E-state index is 11.0. The van der Waals surface area contributed by atoms with E-state index in [4.69, 9.17) is 4.74 Å². The van der Waals surface area contributed by atoms with E-state index in [0.717, 1.165) is 28.1 Å². The molecule has 0 aliphatic rings. The average Bonchev–Trinajstić information content (AvgIpc) is 2.51. The van der Waals surface area contributed by atoms with E-state index < -0.39 is 5.60 Å². The molecule has 0 saturated heterocycles. The van der Waals surface area contributed by atoms with E-state index in [1.165, 1.54) is 0 Å². The maximum Gasteiger partial charge on any atom is 0.128 e. The Morgan fingerprint density at radius 2 is 1.86 bits per heavy atom. The van der Waals surface area contributed by atoms with Crippen molar-refractivity contribution in [3.63, 3.8) is 0 Å². The minimum Gasteiger partial charge on any atom is -0.496 e. The van der Waals surface area contributed by atoms with Crippen molar-refractivity contribution >= 4 is 0 Å². The van der Waals surface area contributed by atoms with Crippen LogP contribution in [0.1, 0.15) is 35.7 Å². The van der Waals surface area contributed by atoms with Gasteiger partial charge in [0, 0.05) is 23.7 Å². The molecule has 112 valence electrons. The molecule has 21 heavy (non-hydrogen) atoms. The third kappa shape index (κ3) is 3.08. The lowest BCUT2D eigenvalue weighted by Gasteiger charge is -2.28. The Kier molecular flexibility index (Phi) is 4.63. The van der Waals surface area contributed by atoms with Gasteiger partial charge in [-0.1, -0.05) is 37.3 Å². The first-order chi connectivity index (χ1) is 10.0. The van der Waals surface area contributed by atoms with E-state index in [-0.39, 0.29) is 0 Å². The number of aliphatic hydroxyl groups is 1. The lowest BCUT2D eigenvalue weighted by molar-refractivity contribution is 0.0315. The first-order valence-corrected chi connectivity index (χ1v) is 7.28. The van der Waals surface area contributed by atoms with Gasteiger partial charge in [0.05, 0.1) is 18.4 Å². The van der Waals surface area contributed by atoms with Gasteiger partial charge in [-0.15, -0.1) is 0 Å². The lowest BCUT2D eigenvalue weighted by Crippen LogP contribution is -2.28. The Labute approximate surface area is 126 Å².